The number of rotatable bonds is 3. The van der Waals surface area contributed by atoms with Crippen LogP contribution in [0.4, 0.5) is 4.39 Å². The van der Waals surface area contributed by atoms with Crippen LogP contribution < -0.4 is 0 Å². The van der Waals surface area contributed by atoms with Gasteiger partial charge in [-0.3, -0.25) is 0 Å². The Hall–Kier alpha value is -0.670. The third kappa shape index (κ3) is 2.43. The molecule has 1 N–H and O–H groups in total. The highest BCUT2D eigenvalue weighted by Gasteiger charge is 2.25. The minimum atomic E-state index is -1.81. The van der Waals surface area contributed by atoms with Crippen LogP contribution in [0.25, 0.3) is 0 Å². The zero-order valence-corrected chi connectivity index (χ0v) is 7.03. The average Bonchev–Trinajstić information content (AvgIpc) is 2.08. The molecule has 0 radical (unpaired) electrons. The Labute approximate surface area is 71.3 Å². The predicted molar refractivity (Wildman–Crippen MR) is 44.4 cm³/mol. The quantitative estimate of drug-likeness (QED) is 0.655. The highest BCUT2D eigenvalue weighted by atomic mass is 19.2. The fourth-order valence-electron chi connectivity index (χ4n) is 0.934. The lowest BCUT2D eigenvalue weighted by molar-refractivity contribution is -0.0703. The molecule has 0 atom stereocenters. The number of aliphatic hydroxyl groups is 1. The SMILES string of the molecule is CCCOC1(F)C=CC(O)C=C1. The summed E-state index contributed by atoms with van der Waals surface area (Å²) >= 11 is 0. The molecule has 0 aromatic rings. The first-order chi connectivity index (χ1) is 5.66. The summed E-state index contributed by atoms with van der Waals surface area (Å²) in [6, 6.07) is 0. The number of ether oxygens (including phenoxy) is 1. The van der Waals surface area contributed by atoms with Crippen LogP contribution in [0.15, 0.2) is 24.3 Å². The highest BCUT2D eigenvalue weighted by Crippen LogP contribution is 2.21. The molecular weight excluding hydrogens is 159 g/mol. The van der Waals surface area contributed by atoms with Crippen molar-refractivity contribution in [2.75, 3.05) is 6.61 Å². The van der Waals surface area contributed by atoms with Crippen molar-refractivity contribution < 1.29 is 14.2 Å². The van der Waals surface area contributed by atoms with Crippen LogP contribution >= 0.6 is 0 Å². The predicted octanol–water partition coefficient (Wildman–Crippen LogP) is 1.57. The molecule has 0 saturated carbocycles. The van der Waals surface area contributed by atoms with E-state index < -0.39 is 12.0 Å². The van der Waals surface area contributed by atoms with E-state index in [1.54, 1.807) is 0 Å². The zero-order valence-electron chi connectivity index (χ0n) is 7.03. The summed E-state index contributed by atoms with van der Waals surface area (Å²) in [5, 5.41) is 8.97. The maximum absolute atomic E-state index is 13.4. The normalized spacial score (nSPS) is 34.1. The van der Waals surface area contributed by atoms with E-state index in [-0.39, 0.29) is 0 Å². The monoisotopic (exact) mass is 172 g/mol. The first-order valence-corrected chi connectivity index (χ1v) is 4.06. The molecule has 68 valence electrons. The van der Waals surface area contributed by atoms with Crippen molar-refractivity contribution in [3.8, 4) is 0 Å². The van der Waals surface area contributed by atoms with Gasteiger partial charge < -0.3 is 9.84 Å². The molecule has 2 nitrogen and oxygen atoms in total. The first kappa shape index (κ1) is 9.42. The second-order valence-electron chi connectivity index (χ2n) is 2.76. The first-order valence-electron chi connectivity index (χ1n) is 4.06. The van der Waals surface area contributed by atoms with E-state index in [9.17, 15) is 4.39 Å². The smallest absolute Gasteiger partial charge is 0.248 e. The van der Waals surface area contributed by atoms with Crippen molar-refractivity contribution in [3.05, 3.63) is 24.3 Å². The Bertz CT molecular complexity index is 185. The van der Waals surface area contributed by atoms with Gasteiger partial charge in [-0.2, -0.15) is 0 Å². The van der Waals surface area contributed by atoms with Crippen LogP contribution in [-0.2, 0) is 4.74 Å². The summed E-state index contributed by atoms with van der Waals surface area (Å²) in [5.41, 5.74) is 0. The molecule has 0 aromatic carbocycles. The van der Waals surface area contributed by atoms with E-state index in [2.05, 4.69) is 0 Å². The third-order valence-electron chi connectivity index (χ3n) is 1.57. The molecule has 0 unspecified atom stereocenters. The van der Waals surface area contributed by atoms with E-state index in [4.69, 9.17) is 9.84 Å². The van der Waals surface area contributed by atoms with Gasteiger partial charge >= 0.3 is 0 Å². The van der Waals surface area contributed by atoms with Crippen LogP contribution in [-0.4, -0.2) is 23.7 Å². The van der Waals surface area contributed by atoms with E-state index >= 15 is 0 Å². The van der Waals surface area contributed by atoms with Crippen molar-refractivity contribution >= 4 is 0 Å². The molecule has 0 heterocycles. The number of hydrogen-bond acceptors (Lipinski definition) is 2. The van der Waals surface area contributed by atoms with Crippen LogP contribution in [0.3, 0.4) is 0 Å². The van der Waals surface area contributed by atoms with Crippen molar-refractivity contribution in [3.63, 3.8) is 0 Å². The van der Waals surface area contributed by atoms with Gasteiger partial charge in [0.05, 0.1) is 12.7 Å². The van der Waals surface area contributed by atoms with E-state index in [0.717, 1.165) is 6.42 Å². The van der Waals surface area contributed by atoms with Crippen molar-refractivity contribution in [1.29, 1.82) is 0 Å². The Morgan fingerprint density at radius 3 is 2.58 bits per heavy atom. The Morgan fingerprint density at radius 1 is 1.50 bits per heavy atom. The van der Waals surface area contributed by atoms with E-state index in [1.165, 1.54) is 24.3 Å². The van der Waals surface area contributed by atoms with Crippen molar-refractivity contribution in [1.82, 2.24) is 0 Å². The molecule has 0 aromatic heterocycles. The molecule has 0 amide bonds. The fraction of sp³-hybridized carbons (Fsp3) is 0.556. The second-order valence-corrected chi connectivity index (χ2v) is 2.76. The van der Waals surface area contributed by atoms with Crippen molar-refractivity contribution in [2.45, 2.75) is 25.3 Å². The lowest BCUT2D eigenvalue weighted by Gasteiger charge is -2.21. The molecule has 1 aliphatic carbocycles. The standard InChI is InChI=1S/C9H13FO2/c1-2-7-12-9(10)5-3-8(11)4-6-9/h3-6,8,11H,2,7H2,1H3. The summed E-state index contributed by atoms with van der Waals surface area (Å²) in [5.74, 6) is -1.81. The molecule has 1 aliphatic rings. The largest absolute Gasteiger partial charge is 0.385 e. The van der Waals surface area contributed by atoms with Gasteiger partial charge in [0.1, 0.15) is 0 Å². The molecule has 12 heavy (non-hydrogen) atoms. The topological polar surface area (TPSA) is 29.5 Å². The lowest BCUT2D eigenvalue weighted by atomic mass is 10.1. The molecule has 3 heteroatoms. The molecule has 0 spiro atoms. The highest BCUT2D eigenvalue weighted by molar-refractivity contribution is 5.19. The van der Waals surface area contributed by atoms with Gasteiger partial charge in [0, 0.05) is 0 Å². The minimum Gasteiger partial charge on any atom is -0.385 e. The average molecular weight is 172 g/mol. The maximum atomic E-state index is 13.4. The Kier molecular flexibility index (Phi) is 3.00. The summed E-state index contributed by atoms with van der Waals surface area (Å²) in [7, 11) is 0. The third-order valence-corrected chi connectivity index (χ3v) is 1.57. The Morgan fingerprint density at radius 2 is 2.08 bits per heavy atom. The maximum Gasteiger partial charge on any atom is 0.248 e. The summed E-state index contributed by atoms with van der Waals surface area (Å²) < 4.78 is 18.3. The van der Waals surface area contributed by atoms with Gasteiger partial charge in [-0.25, -0.2) is 4.39 Å². The van der Waals surface area contributed by atoms with Gasteiger partial charge in [0.15, 0.2) is 0 Å². The number of aliphatic hydroxyl groups excluding tert-OH is 1. The van der Waals surface area contributed by atoms with Crippen LogP contribution in [0.5, 0.6) is 0 Å². The van der Waals surface area contributed by atoms with Crippen molar-refractivity contribution in [2.24, 2.45) is 0 Å². The molecule has 0 saturated heterocycles. The second kappa shape index (κ2) is 3.83. The molecule has 1 rings (SSSR count). The minimum absolute atomic E-state index is 0.376. The lowest BCUT2D eigenvalue weighted by Crippen LogP contribution is -2.25. The zero-order chi connectivity index (χ0) is 9.03. The molecule has 0 bridgehead atoms. The summed E-state index contributed by atoms with van der Waals surface area (Å²) in [6.07, 6.45) is 5.29. The number of alkyl halides is 1. The van der Waals surface area contributed by atoms with Crippen LogP contribution in [0.2, 0.25) is 0 Å². The van der Waals surface area contributed by atoms with E-state index in [0.29, 0.717) is 6.61 Å². The van der Waals surface area contributed by atoms with Gasteiger partial charge in [0.2, 0.25) is 5.85 Å². The summed E-state index contributed by atoms with van der Waals surface area (Å²) in [6.45, 7) is 2.29. The fourth-order valence-corrected chi connectivity index (χ4v) is 0.934. The molecule has 0 fully saturated rings. The molecular formula is C9H13FO2. The van der Waals surface area contributed by atoms with Gasteiger partial charge in [-0.15, -0.1) is 0 Å². The Balaban J connectivity index is 2.50. The van der Waals surface area contributed by atoms with Gasteiger partial charge in [-0.05, 0) is 18.6 Å². The number of hydrogen-bond donors (Lipinski definition) is 1. The number of halogens is 1. The van der Waals surface area contributed by atoms with Gasteiger partial charge in [0.25, 0.3) is 0 Å². The van der Waals surface area contributed by atoms with Gasteiger partial charge in [-0.1, -0.05) is 19.1 Å². The van der Waals surface area contributed by atoms with Crippen LogP contribution in [0.1, 0.15) is 13.3 Å². The van der Waals surface area contributed by atoms with Crippen LogP contribution in [0, 0.1) is 0 Å². The summed E-state index contributed by atoms with van der Waals surface area (Å²) in [4.78, 5) is 0. The molecule has 0 aliphatic heterocycles. The van der Waals surface area contributed by atoms with E-state index in [1.807, 2.05) is 6.92 Å².